The highest BCUT2D eigenvalue weighted by Crippen LogP contribution is 2.28. The number of primary amides is 1. The van der Waals surface area contributed by atoms with E-state index in [1.165, 1.54) is 0 Å². The molecule has 0 radical (unpaired) electrons. The molecule has 27 heavy (non-hydrogen) atoms. The molecular weight excluding hydrogens is 340 g/mol. The van der Waals surface area contributed by atoms with Crippen LogP contribution in [0.2, 0.25) is 0 Å². The van der Waals surface area contributed by atoms with Crippen molar-refractivity contribution in [2.24, 2.45) is 5.73 Å². The lowest BCUT2D eigenvalue weighted by molar-refractivity contribution is -0.125. The van der Waals surface area contributed by atoms with Crippen molar-refractivity contribution in [3.63, 3.8) is 0 Å². The van der Waals surface area contributed by atoms with E-state index in [-0.39, 0.29) is 0 Å². The maximum Gasteiger partial charge on any atom is 0.242 e. The molecule has 0 spiro atoms. The molecule has 1 aromatic carbocycles. The lowest BCUT2D eigenvalue weighted by atomic mass is 9.83. The second kappa shape index (κ2) is 8.42. The Morgan fingerprint density at radius 3 is 2.37 bits per heavy atom. The molecule has 6 nitrogen and oxygen atoms in total. The molecule has 3 rings (SSSR count). The van der Waals surface area contributed by atoms with Crippen LogP contribution in [-0.2, 0) is 23.3 Å². The van der Waals surface area contributed by atoms with Crippen LogP contribution in [0.5, 0.6) is 5.75 Å². The Bertz CT molecular complexity index is 870. The van der Waals surface area contributed by atoms with Crippen LogP contribution >= 0.6 is 0 Å². The average molecular weight is 362 g/mol. The van der Waals surface area contributed by atoms with Gasteiger partial charge in [-0.2, -0.15) is 0 Å². The second-order valence-corrected chi connectivity index (χ2v) is 6.25. The lowest BCUT2D eigenvalue weighted by Crippen LogP contribution is -2.54. The molecule has 1 atom stereocenters. The Labute approximate surface area is 158 Å². The molecule has 0 saturated heterocycles. The zero-order valence-electron chi connectivity index (χ0n) is 15.1. The maximum atomic E-state index is 12.7. The zero-order chi connectivity index (χ0) is 19.1. The van der Waals surface area contributed by atoms with Gasteiger partial charge in [0.25, 0.3) is 0 Å². The highest BCUT2D eigenvalue weighted by atomic mass is 16.5. The zero-order valence-corrected chi connectivity index (χ0v) is 15.1. The van der Waals surface area contributed by atoms with Gasteiger partial charge in [0.1, 0.15) is 11.3 Å². The van der Waals surface area contributed by atoms with Crippen molar-refractivity contribution in [2.75, 3.05) is 7.11 Å². The van der Waals surface area contributed by atoms with Crippen LogP contribution in [0.3, 0.4) is 0 Å². The number of nitrogens with two attached hydrogens (primary N) is 1. The minimum Gasteiger partial charge on any atom is -0.497 e. The number of nitrogens with one attached hydrogen (secondary N) is 1. The van der Waals surface area contributed by atoms with Gasteiger partial charge in [0.15, 0.2) is 0 Å². The molecule has 0 fully saturated rings. The van der Waals surface area contributed by atoms with E-state index in [2.05, 4.69) is 15.3 Å². The van der Waals surface area contributed by atoms with Crippen LogP contribution in [0, 0.1) is 0 Å². The lowest BCUT2D eigenvalue weighted by Gasteiger charge is -2.33. The molecule has 6 heteroatoms. The van der Waals surface area contributed by atoms with Gasteiger partial charge in [-0.1, -0.05) is 18.2 Å². The van der Waals surface area contributed by atoms with Crippen molar-refractivity contribution in [1.82, 2.24) is 15.3 Å². The number of rotatable bonds is 8. The van der Waals surface area contributed by atoms with Crippen LogP contribution in [0.15, 0.2) is 73.3 Å². The van der Waals surface area contributed by atoms with Gasteiger partial charge in [0.2, 0.25) is 5.91 Å². The van der Waals surface area contributed by atoms with Gasteiger partial charge >= 0.3 is 0 Å². The molecular formula is C21H22N4O2. The third kappa shape index (κ3) is 4.30. The summed E-state index contributed by atoms with van der Waals surface area (Å²) in [6, 6.07) is 14.9. The van der Waals surface area contributed by atoms with Crippen LogP contribution in [0.4, 0.5) is 0 Å². The molecule has 1 unspecified atom stereocenters. The minimum atomic E-state index is -1.08. The molecule has 0 saturated carbocycles. The number of carbonyl (C=O) groups excluding carboxylic acids is 1. The first-order valence-electron chi connectivity index (χ1n) is 8.61. The Morgan fingerprint density at radius 1 is 1.04 bits per heavy atom. The number of hydrogen-bond acceptors (Lipinski definition) is 5. The summed E-state index contributed by atoms with van der Waals surface area (Å²) in [6.45, 7) is 0.470. The van der Waals surface area contributed by atoms with Crippen LogP contribution in [0.25, 0.3) is 0 Å². The van der Waals surface area contributed by atoms with Gasteiger partial charge < -0.3 is 10.5 Å². The maximum absolute atomic E-state index is 12.7. The van der Waals surface area contributed by atoms with E-state index in [0.29, 0.717) is 18.7 Å². The van der Waals surface area contributed by atoms with E-state index in [4.69, 9.17) is 10.5 Å². The Hall–Kier alpha value is -3.25. The molecule has 0 aliphatic heterocycles. The molecule has 0 bridgehead atoms. The minimum absolute atomic E-state index is 0.383. The Balaban J connectivity index is 1.99. The molecule has 2 aromatic heterocycles. The summed E-state index contributed by atoms with van der Waals surface area (Å²) in [5.74, 6) is 0.262. The number of hydrogen-bond donors (Lipinski definition) is 2. The smallest absolute Gasteiger partial charge is 0.242 e. The topological polar surface area (TPSA) is 90.1 Å². The predicted molar refractivity (Wildman–Crippen MR) is 103 cm³/mol. The van der Waals surface area contributed by atoms with Crippen LogP contribution < -0.4 is 15.8 Å². The number of carbonyl (C=O) groups is 1. The first kappa shape index (κ1) is 18.5. The van der Waals surface area contributed by atoms with E-state index in [1.54, 1.807) is 31.9 Å². The molecule has 1 amide bonds. The van der Waals surface area contributed by atoms with Crippen LogP contribution in [0.1, 0.15) is 16.7 Å². The summed E-state index contributed by atoms with van der Waals surface area (Å²) in [5, 5.41) is 3.38. The number of methoxy groups -OCH3 is 1. The van der Waals surface area contributed by atoms with E-state index >= 15 is 0 Å². The van der Waals surface area contributed by atoms with Crippen LogP contribution in [-0.4, -0.2) is 23.0 Å². The molecule has 0 aliphatic carbocycles. The highest BCUT2D eigenvalue weighted by Gasteiger charge is 2.38. The fraction of sp³-hybridized carbons (Fsp3) is 0.190. The first-order valence-corrected chi connectivity index (χ1v) is 8.61. The Morgan fingerprint density at radius 2 is 1.78 bits per heavy atom. The third-order valence-corrected chi connectivity index (χ3v) is 4.54. The molecule has 0 aliphatic rings. The fourth-order valence-corrected chi connectivity index (χ4v) is 3.02. The quantitative estimate of drug-likeness (QED) is 0.641. The Kier molecular flexibility index (Phi) is 5.78. The molecule has 138 valence electrons. The van der Waals surface area contributed by atoms with Gasteiger partial charge in [0, 0.05) is 37.8 Å². The summed E-state index contributed by atoms with van der Waals surface area (Å²) in [4.78, 5) is 20.9. The van der Waals surface area contributed by atoms with Crippen molar-refractivity contribution in [3.8, 4) is 5.75 Å². The van der Waals surface area contributed by atoms with E-state index < -0.39 is 11.4 Å². The highest BCUT2D eigenvalue weighted by molar-refractivity contribution is 5.86. The van der Waals surface area contributed by atoms with Crippen molar-refractivity contribution in [3.05, 3.63) is 90.0 Å². The van der Waals surface area contributed by atoms with Crippen molar-refractivity contribution < 1.29 is 9.53 Å². The summed E-state index contributed by atoms with van der Waals surface area (Å²) < 4.78 is 5.24. The fourth-order valence-electron chi connectivity index (χ4n) is 3.02. The normalized spacial score (nSPS) is 12.9. The standard InChI is InChI=1S/C21H22N4O2/c1-27-19-6-4-18(5-7-19)21(20(22)26,13-17-3-2-10-24-14-17)25-15-16-8-11-23-12-9-16/h2-12,14,25H,13,15H2,1H3,(H2,22,26). The average Bonchev–Trinajstić information content (AvgIpc) is 2.72. The SMILES string of the molecule is COc1ccc(C(Cc2cccnc2)(NCc2ccncc2)C(N)=O)cc1. The number of benzene rings is 1. The van der Waals surface area contributed by atoms with Gasteiger partial charge in [-0.05, 0) is 47.0 Å². The third-order valence-electron chi connectivity index (χ3n) is 4.54. The summed E-state index contributed by atoms with van der Waals surface area (Å²) in [6.07, 6.45) is 7.27. The van der Waals surface area contributed by atoms with Gasteiger partial charge in [-0.3, -0.25) is 20.1 Å². The van der Waals surface area contributed by atoms with Gasteiger partial charge in [-0.25, -0.2) is 0 Å². The second-order valence-electron chi connectivity index (χ2n) is 6.25. The largest absolute Gasteiger partial charge is 0.497 e. The number of ether oxygens (including phenoxy) is 1. The van der Waals surface area contributed by atoms with E-state index in [1.807, 2.05) is 48.5 Å². The van der Waals surface area contributed by atoms with Crippen molar-refractivity contribution >= 4 is 5.91 Å². The molecule has 3 aromatic rings. The van der Waals surface area contributed by atoms with E-state index in [9.17, 15) is 4.79 Å². The number of nitrogens with zero attached hydrogens (tertiary/aromatic N) is 2. The first-order chi connectivity index (χ1) is 13.1. The summed E-state index contributed by atoms with van der Waals surface area (Å²) >= 11 is 0. The summed E-state index contributed by atoms with van der Waals surface area (Å²) in [7, 11) is 1.60. The molecule has 3 N–H and O–H groups in total. The predicted octanol–water partition coefficient (Wildman–Crippen LogP) is 2.20. The number of amides is 1. The summed E-state index contributed by atoms with van der Waals surface area (Å²) in [5.41, 5.74) is 7.53. The molecule has 2 heterocycles. The van der Waals surface area contributed by atoms with Gasteiger partial charge in [-0.15, -0.1) is 0 Å². The van der Waals surface area contributed by atoms with Crippen molar-refractivity contribution in [2.45, 2.75) is 18.5 Å². The van der Waals surface area contributed by atoms with Gasteiger partial charge in [0.05, 0.1) is 7.11 Å². The van der Waals surface area contributed by atoms with Crippen molar-refractivity contribution in [1.29, 1.82) is 0 Å². The number of aromatic nitrogens is 2. The number of pyridine rings is 2. The monoisotopic (exact) mass is 362 g/mol. The van der Waals surface area contributed by atoms with E-state index in [0.717, 1.165) is 16.7 Å².